The van der Waals surface area contributed by atoms with Gasteiger partial charge in [0.05, 0.1) is 11.9 Å². The third-order valence-corrected chi connectivity index (χ3v) is 7.06. The van der Waals surface area contributed by atoms with Crippen molar-refractivity contribution in [3.8, 4) is 0 Å². The largest absolute Gasteiger partial charge is 0.352 e. The lowest BCUT2D eigenvalue weighted by Gasteiger charge is -2.33. The number of aryl methyl sites for hydroxylation is 1. The second kappa shape index (κ2) is 11.9. The molecule has 0 fully saturated rings. The number of halogens is 2. The van der Waals surface area contributed by atoms with Crippen molar-refractivity contribution in [2.24, 2.45) is 0 Å². The SMILES string of the molecule is CCC(C(=O)NC(C)C)N(Cc1c(Cl)cccc1Cl)C(=O)CN(c1ccc(C)cc1)S(C)(=O)=O. The number of rotatable bonds is 10. The summed E-state index contributed by atoms with van der Waals surface area (Å²) in [6, 6.07) is 10.8. The molecule has 34 heavy (non-hydrogen) atoms. The fourth-order valence-electron chi connectivity index (χ4n) is 3.48. The van der Waals surface area contributed by atoms with Crippen LogP contribution in [-0.4, -0.2) is 50.0 Å². The quantitative estimate of drug-likeness (QED) is 0.495. The van der Waals surface area contributed by atoms with Gasteiger partial charge in [-0.1, -0.05) is 53.9 Å². The van der Waals surface area contributed by atoms with Crippen molar-refractivity contribution in [2.45, 2.75) is 52.7 Å². The molecule has 0 aliphatic rings. The lowest BCUT2D eigenvalue weighted by atomic mass is 10.1. The summed E-state index contributed by atoms with van der Waals surface area (Å²) in [4.78, 5) is 27.9. The van der Waals surface area contributed by atoms with Crippen LogP contribution in [0.4, 0.5) is 5.69 Å². The van der Waals surface area contributed by atoms with Crippen molar-refractivity contribution >= 4 is 50.7 Å². The van der Waals surface area contributed by atoms with Crippen molar-refractivity contribution in [1.82, 2.24) is 10.2 Å². The molecule has 10 heteroatoms. The zero-order chi connectivity index (χ0) is 25.6. The van der Waals surface area contributed by atoms with Crippen LogP contribution >= 0.6 is 23.2 Å². The Hall–Kier alpha value is -2.29. The second-order valence-electron chi connectivity index (χ2n) is 8.41. The molecule has 2 aromatic carbocycles. The normalized spacial score (nSPS) is 12.4. The van der Waals surface area contributed by atoms with Gasteiger partial charge in [0.2, 0.25) is 21.8 Å². The number of hydrogen-bond acceptors (Lipinski definition) is 4. The Bertz CT molecular complexity index is 1100. The average Bonchev–Trinajstić information content (AvgIpc) is 2.73. The molecule has 2 amide bonds. The summed E-state index contributed by atoms with van der Waals surface area (Å²) in [7, 11) is -3.79. The van der Waals surface area contributed by atoms with Gasteiger partial charge in [-0.2, -0.15) is 0 Å². The maximum Gasteiger partial charge on any atom is 0.244 e. The third-order valence-electron chi connectivity index (χ3n) is 5.21. The highest BCUT2D eigenvalue weighted by molar-refractivity contribution is 7.92. The highest BCUT2D eigenvalue weighted by Gasteiger charge is 2.32. The Labute approximate surface area is 212 Å². The van der Waals surface area contributed by atoms with Gasteiger partial charge in [-0.3, -0.25) is 13.9 Å². The molecule has 1 atom stereocenters. The van der Waals surface area contributed by atoms with Crippen LogP contribution in [0.1, 0.15) is 38.3 Å². The van der Waals surface area contributed by atoms with Crippen LogP contribution in [-0.2, 0) is 26.2 Å². The van der Waals surface area contributed by atoms with E-state index in [1.165, 1.54) is 4.90 Å². The number of anilines is 1. The number of amides is 2. The molecule has 0 spiro atoms. The molecule has 1 unspecified atom stereocenters. The molecule has 0 saturated heterocycles. The number of hydrogen-bond donors (Lipinski definition) is 1. The molecule has 2 rings (SSSR count). The van der Waals surface area contributed by atoms with Gasteiger partial charge in [0.1, 0.15) is 12.6 Å². The Morgan fingerprint density at radius 2 is 1.59 bits per heavy atom. The second-order valence-corrected chi connectivity index (χ2v) is 11.1. The monoisotopic (exact) mass is 527 g/mol. The zero-order valence-electron chi connectivity index (χ0n) is 20.0. The van der Waals surface area contributed by atoms with E-state index < -0.39 is 28.5 Å². The van der Waals surface area contributed by atoms with E-state index in [4.69, 9.17) is 23.2 Å². The van der Waals surface area contributed by atoms with Gasteiger partial charge < -0.3 is 10.2 Å². The zero-order valence-corrected chi connectivity index (χ0v) is 22.3. The van der Waals surface area contributed by atoms with E-state index >= 15 is 0 Å². The van der Waals surface area contributed by atoms with E-state index in [2.05, 4.69) is 5.32 Å². The molecule has 0 aliphatic heterocycles. The topological polar surface area (TPSA) is 86.8 Å². The fourth-order valence-corrected chi connectivity index (χ4v) is 4.85. The summed E-state index contributed by atoms with van der Waals surface area (Å²) < 4.78 is 26.2. The minimum Gasteiger partial charge on any atom is -0.352 e. The van der Waals surface area contributed by atoms with Gasteiger partial charge in [0.15, 0.2) is 0 Å². The van der Waals surface area contributed by atoms with Crippen LogP contribution in [0.15, 0.2) is 42.5 Å². The first-order valence-electron chi connectivity index (χ1n) is 10.9. The highest BCUT2D eigenvalue weighted by Crippen LogP contribution is 2.27. The summed E-state index contributed by atoms with van der Waals surface area (Å²) in [5.41, 5.74) is 1.79. The van der Waals surface area contributed by atoms with E-state index in [0.717, 1.165) is 16.1 Å². The van der Waals surface area contributed by atoms with Crippen molar-refractivity contribution in [1.29, 1.82) is 0 Å². The number of carbonyl (C=O) groups excluding carboxylic acids is 2. The number of nitrogens with one attached hydrogen (secondary N) is 1. The van der Waals surface area contributed by atoms with Gasteiger partial charge in [0.25, 0.3) is 0 Å². The smallest absolute Gasteiger partial charge is 0.244 e. The molecule has 0 heterocycles. The predicted molar refractivity (Wildman–Crippen MR) is 138 cm³/mol. The summed E-state index contributed by atoms with van der Waals surface area (Å²) >= 11 is 12.7. The van der Waals surface area contributed by atoms with Crippen LogP contribution in [0, 0.1) is 6.92 Å². The first kappa shape index (κ1) is 28.0. The molecule has 186 valence electrons. The van der Waals surface area contributed by atoms with E-state index in [-0.39, 0.29) is 18.5 Å². The van der Waals surface area contributed by atoms with E-state index in [9.17, 15) is 18.0 Å². The molecule has 2 aromatic rings. The summed E-state index contributed by atoms with van der Waals surface area (Å²) in [5, 5.41) is 3.53. The van der Waals surface area contributed by atoms with E-state index in [0.29, 0.717) is 27.7 Å². The molecule has 7 nitrogen and oxygen atoms in total. The Morgan fingerprint density at radius 1 is 1.03 bits per heavy atom. The van der Waals surface area contributed by atoms with Crippen molar-refractivity contribution in [2.75, 3.05) is 17.1 Å². The lowest BCUT2D eigenvalue weighted by molar-refractivity contribution is -0.140. The standard InChI is InChI=1S/C24H31Cl2N3O4S/c1-6-22(24(31)27-16(2)3)28(14-19-20(25)8-7-9-21(19)26)23(30)15-29(34(5,32)33)18-12-10-17(4)11-13-18/h7-13,16,22H,6,14-15H2,1-5H3,(H,27,31). The number of benzene rings is 2. The van der Waals surface area contributed by atoms with Crippen LogP contribution in [0.3, 0.4) is 0 Å². The Balaban J connectivity index is 2.49. The van der Waals surface area contributed by atoms with Crippen LogP contribution in [0.5, 0.6) is 0 Å². The predicted octanol–water partition coefficient (Wildman–Crippen LogP) is 4.40. The molecular weight excluding hydrogens is 497 g/mol. The highest BCUT2D eigenvalue weighted by atomic mass is 35.5. The number of carbonyl (C=O) groups is 2. The molecule has 0 radical (unpaired) electrons. The molecule has 0 aromatic heterocycles. The van der Waals surface area contributed by atoms with Crippen molar-refractivity contribution < 1.29 is 18.0 Å². The summed E-state index contributed by atoms with van der Waals surface area (Å²) in [6.45, 7) is 6.79. The van der Waals surface area contributed by atoms with Gasteiger partial charge in [-0.15, -0.1) is 0 Å². The number of sulfonamides is 1. The van der Waals surface area contributed by atoms with Crippen LogP contribution < -0.4 is 9.62 Å². The van der Waals surface area contributed by atoms with Crippen molar-refractivity contribution in [3.63, 3.8) is 0 Å². The Morgan fingerprint density at radius 3 is 2.06 bits per heavy atom. The summed E-state index contributed by atoms with van der Waals surface area (Å²) in [6.07, 6.45) is 1.36. The van der Waals surface area contributed by atoms with Crippen LogP contribution in [0.25, 0.3) is 0 Å². The van der Waals surface area contributed by atoms with Crippen LogP contribution in [0.2, 0.25) is 10.0 Å². The summed E-state index contributed by atoms with van der Waals surface area (Å²) in [5.74, 6) is -0.886. The van der Waals surface area contributed by atoms with Crippen molar-refractivity contribution in [3.05, 3.63) is 63.6 Å². The van der Waals surface area contributed by atoms with E-state index in [1.807, 2.05) is 20.8 Å². The van der Waals surface area contributed by atoms with Gasteiger partial charge in [-0.05, 0) is 51.5 Å². The maximum absolute atomic E-state index is 13.6. The maximum atomic E-state index is 13.6. The fraction of sp³-hybridized carbons (Fsp3) is 0.417. The molecular formula is C24H31Cl2N3O4S. The first-order valence-corrected chi connectivity index (χ1v) is 13.5. The first-order chi connectivity index (χ1) is 15.8. The Kier molecular flexibility index (Phi) is 9.79. The third kappa shape index (κ3) is 7.35. The lowest BCUT2D eigenvalue weighted by Crippen LogP contribution is -2.53. The van der Waals surface area contributed by atoms with Gasteiger partial charge >= 0.3 is 0 Å². The number of nitrogens with zero attached hydrogens (tertiary/aromatic N) is 2. The molecule has 0 saturated carbocycles. The molecule has 0 bridgehead atoms. The minimum atomic E-state index is -3.79. The molecule has 0 aliphatic carbocycles. The van der Waals surface area contributed by atoms with Gasteiger partial charge in [-0.25, -0.2) is 8.42 Å². The molecule has 1 N–H and O–H groups in total. The average molecular weight is 529 g/mol. The van der Waals surface area contributed by atoms with E-state index in [1.54, 1.807) is 49.4 Å². The minimum absolute atomic E-state index is 0.0487. The van der Waals surface area contributed by atoms with Gasteiger partial charge in [0, 0.05) is 28.2 Å².